The van der Waals surface area contributed by atoms with E-state index >= 15 is 0 Å². The predicted molar refractivity (Wildman–Crippen MR) is 85.1 cm³/mol. The highest BCUT2D eigenvalue weighted by Gasteiger charge is 2.25. The van der Waals surface area contributed by atoms with Gasteiger partial charge in [-0.3, -0.25) is 14.8 Å². The van der Waals surface area contributed by atoms with Crippen LogP contribution in [-0.4, -0.2) is 45.5 Å². The molecule has 1 aliphatic heterocycles. The predicted octanol–water partition coefficient (Wildman–Crippen LogP) is 1.93. The van der Waals surface area contributed by atoms with E-state index in [2.05, 4.69) is 20.3 Å². The quantitative estimate of drug-likeness (QED) is 0.929. The summed E-state index contributed by atoms with van der Waals surface area (Å²) in [4.78, 5) is 26.3. The summed E-state index contributed by atoms with van der Waals surface area (Å²) < 4.78 is 5.75. The minimum atomic E-state index is -0.176. The fourth-order valence-electron chi connectivity index (χ4n) is 2.46. The lowest BCUT2D eigenvalue weighted by molar-refractivity contribution is -0.138. The largest absolute Gasteiger partial charge is 0.368 e. The maximum absolute atomic E-state index is 11.8. The van der Waals surface area contributed by atoms with Crippen LogP contribution in [0.25, 0.3) is 0 Å². The molecule has 1 aliphatic rings. The van der Waals surface area contributed by atoms with Gasteiger partial charge in [0.2, 0.25) is 5.91 Å². The van der Waals surface area contributed by atoms with E-state index in [0.29, 0.717) is 31.9 Å². The normalized spacial score (nSPS) is 17.8. The van der Waals surface area contributed by atoms with Crippen LogP contribution in [0.2, 0.25) is 0 Å². The van der Waals surface area contributed by atoms with Gasteiger partial charge in [0, 0.05) is 25.4 Å². The first-order valence-electron chi connectivity index (χ1n) is 7.64. The van der Waals surface area contributed by atoms with Gasteiger partial charge in [-0.15, -0.1) is 0 Å². The van der Waals surface area contributed by atoms with E-state index in [0.717, 1.165) is 11.4 Å². The standard InChI is InChI=1S/C16H19N5O2/c1-2-16(22)21-7-8-23-14(11-21)13-4-3-12(9-19-13)20-15-10-17-5-6-18-15/h3-6,9-10,14H,2,7-8,11H2,1H3,(H,18,20). The van der Waals surface area contributed by atoms with Crippen LogP contribution < -0.4 is 5.32 Å². The highest BCUT2D eigenvalue weighted by atomic mass is 16.5. The van der Waals surface area contributed by atoms with Gasteiger partial charge in [-0.2, -0.15) is 0 Å². The van der Waals surface area contributed by atoms with Crippen molar-refractivity contribution in [2.45, 2.75) is 19.4 Å². The monoisotopic (exact) mass is 313 g/mol. The van der Waals surface area contributed by atoms with Crippen molar-refractivity contribution in [3.63, 3.8) is 0 Å². The average Bonchev–Trinajstić information content (AvgIpc) is 2.62. The first kappa shape index (κ1) is 15.4. The second-order valence-corrected chi connectivity index (χ2v) is 5.24. The molecule has 7 nitrogen and oxygen atoms in total. The number of carbonyl (C=O) groups excluding carboxylic acids is 1. The average molecular weight is 313 g/mol. The van der Waals surface area contributed by atoms with Crippen molar-refractivity contribution in [3.8, 4) is 0 Å². The molecule has 0 bridgehead atoms. The Morgan fingerprint density at radius 1 is 1.35 bits per heavy atom. The maximum atomic E-state index is 11.8. The molecule has 120 valence electrons. The maximum Gasteiger partial charge on any atom is 0.222 e. The lowest BCUT2D eigenvalue weighted by Crippen LogP contribution is -2.42. The Kier molecular flexibility index (Phi) is 4.77. The molecule has 2 aromatic rings. The minimum absolute atomic E-state index is 0.152. The molecule has 1 N–H and O–H groups in total. The van der Waals surface area contributed by atoms with Crippen LogP contribution in [0.5, 0.6) is 0 Å². The van der Waals surface area contributed by atoms with E-state index in [-0.39, 0.29) is 12.0 Å². The van der Waals surface area contributed by atoms with Crippen molar-refractivity contribution in [3.05, 3.63) is 42.6 Å². The van der Waals surface area contributed by atoms with E-state index in [1.54, 1.807) is 24.8 Å². The lowest BCUT2D eigenvalue weighted by Gasteiger charge is -2.32. The third-order valence-electron chi connectivity index (χ3n) is 3.67. The zero-order valence-electron chi connectivity index (χ0n) is 13.0. The second-order valence-electron chi connectivity index (χ2n) is 5.24. The third-order valence-corrected chi connectivity index (χ3v) is 3.67. The molecule has 0 aliphatic carbocycles. The van der Waals surface area contributed by atoms with Crippen LogP contribution in [0.15, 0.2) is 36.9 Å². The molecular formula is C16H19N5O2. The van der Waals surface area contributed by atoms with E-state index in [1.807, 2.05) is 24.0 Å². The summed E-state index contributed by atoms with van der Waals surface area (Å²) in [5, 5.41) is 3.13. The fourth-order valence-corrected chi connectivity index (χ4v) is 2.46. The molecule has 1 fully saturated rings. The number of nitrogens with one attached hydrogen (secondary N) is 1. The Balaban J connectivity index is 1.66. The lowest BCUT2D eigenvalue weighted by atomic mass is 10.1. The fraction of sp³-hybridized carbons (Fsp3) is 0.375. The number of ether oxygens (including phenoxy) is 1. The SMILES string of the molecule is CCC(=O)N1CCOC(c2ccc(Nc3cnccn3)cn2)C1. The van der Waals surface area contributed by atoms with Gasteiger partial charge in [-0.1, -0.05) is 6.92 Å². The van der Waals surface area contributed by atoms with Gasteiger partial charge >= 0.3 is 0 Å². The molecule has 1 amide bonds. The summed E-state index contributed by atoms with van der Waals surface area (Å²) in [5.41, 5.74) is 1.65. The molecule has 1 atom stereocenters. The molecule has 2 aromatic heterocycles. The van der Waals surface area contributed by atoms with Gasteiger partial charge in [0.05, 0.1) is 36.9 Å². The summed E-state index contributed by atoms with van der Waals surface area (Å²) in [5.74, 6) is 0.815. The molecule has 1 unspecified atom stereocenters. The van der Waals surface area contributed by atoms with Crippen LogP contribution in [0.1, 0.15) is 25.1 Å². The second kappa shape index (κ2) is 7.15. The Morgan fingerprint density at radius 2 is 2.26 bits per heavy atom. The summed E-state index contributed by atoms with van der Waals surface area (Å²) in [6, 6.07) is 3.82. The topological polar surface area (TPSA) is 80.2 Å². The molecule has 3 rings (SSSR count). The highest BCUT2D eigenvalue weighted by molar-refractivity contribution is 5.75. The number of carbonyl (C=O) groups is 1. The van der Waals surface area contributed by atoms with Gasteiger partial charge in [-0.05, 0) is 12.1 Å². The van der Waals surface area contributed by atoms with Crippen LogP contribution in [-0.2, 0) is 9.53 Å². The van der Waals surface area contributed by atoms with Crippen LogP contribution in [0.3, 0.4) is 0 Å². The van der Waals surface area contributed by atoms with Crippen LogP contribution in [0.4, 0.5) is 11.5 Å². The van der Waals surface area contributed by atoms with Crippen molar-refractivity contribution >= 4 is 17.4 Å². The number of amides is 1. The van der Waals surface area contributed by atoms with Gasteiger partial charge in [0.15, 0.2) is 0 Å². The van der Waals surface area contributed by atoms with Crippen molar-refractivity contribution in [1.82, 2.24) is 19.9 Å². The van der Waals surface area contributed by atoms with Crippen molar-refractivity contribution < 1.29 is 9.53 Å². The first-order valence-corrected chi connectivity index (χ1v) is 7.64. The van der Waals surface area contributed by atoms with Crippen LogP contribution in [0, 0.1) is 0 Å². The van der Waals surface area contributed by atoms with E-state index in [9.17, 15) is 4.79 Å². The molecule has 0 saturated carbocycles. The number of anilines is 2. The number of hydrogen-bond acceptors (Lipinski definition) is 6. The van der Waals surface area contributed by atoms with Gasteiger partial charge in [-0.25, -0.2) is 4.98 Å². The number of morpholine rings is 1. The number of nitrogens with zero attached hydrogens (tertiary/aromatic N) is 4. The molecule has 7 heteroatoms. The Morgan fingerprint density at radius 3 is 2.96 bits per heavy atom. The zero-order chi connectivity index (χ0) is 16.1. The molecule has 0 spiro atoms. The Labute approximate surface area is 134 Å². The summed E-state index contributed by atoms with van der Waals surface area (Å²) in [6.07, 6.45) is 6.96. The van der Waals surface area contributed by atoms with E-state index in [1.165, 1.54) is 0 Å². The zero-order valence-corrected chi connectivity index (χ0v) is 13.0. The third kappa shape index (κ3) is 3.81. The summed E-state index contributed by atoms with van der Waals surface area (Å²) >= 11 is 0. The highest BCUT2D eigenvalue weighted by Crippen LogP contribution is 2.22. The van der Waals surface area contributed by atoms with Crippen molar-refractivity contribution in [1.29, 1.82) is 0 Å². The number of rotatable bonds is 4. The Bertz CT molecular complexity index is 647. The number of hydrogen-bond donors (Lipinski definition) is 1. The molecule has 23 heavy (non-hydrogen) atoms. The van der Waals surface area contributed by atoms with Gasteiger partial charge in [0.25, 0.3) is 0 Å². The van der Waals surface area contributed by atoms with Crippen molar-refractivity contribution in [2.75, 3.05) is 25.0 Å². The summed E-state index contributed by atoms with van der Waals surface area (Å²) in [7, 11) is 0. The van der Waals surface area contributed by atoms with E-state index < -0.39 is 0 Å². The van der Waals surface area contributed by atoms with Crippen molar-refractivity contribution in [2.24, 2.45) is 0 Å². The smallest absolute Gasteiger partial charge is 0.222 e. The summed E-state index contributed by atoms with van der Waals surface area (Å²) in [6.45, 7) is 3.61. The first-order chi connectivity index (χ1) is 11.3. The Hall–Kier alpha value is -2.54. The molecule has 0 radical (unpaired) electrons. The number of pyridine rings is 1. The van der Waals surface area contributed by atoms with Crippen LogP contribution >= 0.6 is 0 Å². The van der Waals surface area contributed by atoms with E-state index in [4.69, 9.17) is 4.74 Å². The number of aromatic nitrogens is 3. The van der Waals surface area contributed by atoms with Gasteiger partial charge < -0.3 is 15.0 Å². The van der Waals surface area contributed by atoms with Gasteiger partial charge in [0.1, 0.15) is 11.9 Å². The molecular weight excluding hydrogens is 294 g/mol. The minimum Gasteiger partial charge on any atom is -0.368 e. The molecule has 3 heterocycles. The molecule has 0 aromatic carbocycles. The molecule has 1 saturated heterocycles.